The molecule has 1 aliphatic rings. The van der Waals surface area contributed by atoms with Gasteiger partial charge in [0.2, 0.25) is 0 Å². The molecule has 1 heterocycles. The summed E-state index contributed by atoms with van der Waals surface area (Å²) in [5.41, 5.74) is 7.39. The van der Waals surface area contributed by atoms with Crippen LogP contribution in [0.4, 0.5) is 21.9 Å². The van der Waals surface area contributed by atoms with E-state index in [-0.39, 0.29) is 6.04 Å². The lowest BCUT2D eigenvalue weighted by Gasteiger charge is -2.21. The molecule has 4 N–H and O–H groups in total. The Labute approximate surface area is 148 Å². The lowest BCUT2D eigenvalue weighted by molar-refractivity contribution is 0.149. The van der Waals surface area contributed by atoms with Gasteiger partial charge < -0.3 is 20.7 Å². The summed E-state index contributed by atoms with van der Waals surface area (Å²) in [7, 11) is -0.758. The maximum absolute atomic E-state index is 12.0. The van der Waals surface area contributed by atoms with Crippen LogP contribution in [0.5, 0.6) is 0 Å². The Kier molecular flexibility index (Phi) is 5.96. The van der Waals surface area contributed by atoms with Crippen molar-refractivity contribution in [3.8, 4) is 0 Å². The van der Waals surface area contributed by atoms with Crippen LogP contribution in [-0.4, -0.2) is 58.6 Å². The lowest BCUT2D eigenvalue weighted by Crippen LogP contribution is -2.37. The molecule has 1 aliphatic heterocycles. The number of ether oxygens (including phenoxy) is 1. The summed E-state index contributed by atoms with van der Waals surface area (Å²) in [5, 5.41) is 2.81. The smallest absolute Gasteiger partial charge is 0.407 e. The quantitative estimate of drug-likeness (QED) is 0.637. The van der Waals surface area contributed by atoms with Crippen LogP contribution in [0.1, 0.15) is 13.3 Å². The average molecular weight is 371 g/mol. The monoisotopic (exact) mass is 371 g/mol. The van der Waals surface area contributed by atoms with Crippen LogP contribution in [0.3, 0.4) is 0 Å². The Morgan fingerprint density at radius 1 is 1.44 bits per heavy atom. The van der Waals surface area contributed by atoms with Gasteiger partial charge in [-0.05, 0) is 31.5 Å². The van der Waals surface area contributed by atoms with E-state index in [1.165, 1.54) is 14.1 Å². The highest BCUT2D eigenvalue weighted by Gasteiger charge is 2.25. The molecular formula is C15H25N5O4S. The molecule has 1 amide bonds. The van der Waals surface area contributed by atoms with E-state index in [1.807, 2.05) is 6.07 Å². The molecule has 1 aromatic rings. The average Bonchev–Trinajstić information content (AvgIpc) is 2.97. The second kappa shape index (κ2) is 7.79. The molecule has 0 bridgehead atoms. The lowest BCUT2D eigenvalue weighted by atomic mass is 10.2. The molecule has 2 rings (SSSR count). The zero-order valence-corrected chi connectivity index (χ0v) is 15.5. The zero-order valence-electron chi connectivity index (χ0n) is 14.7. The van der Waals surface area contributed by atoms with Crippen molar-refractivity contribution in [2.45, 2.75) is 19.4 Å². The number of benzene rings is 1. The second-order valence-corrected chi connectivity index (χ2v) is 7.84. The van der Waals surface area contributed by atoms with Gasteiger partial charge in [-0.2, -0.15) is 12.7 Å². The number of carbonyl (C=O) groups excluding carboxylic acids is 1. The first kappa shape index (κ1) is 19.1. The van der Waals surface area contributed by atoms with Gasteiger partial charge in [-0.15, -0.1) is 0 Å². The number of amides is 1. The summed E-state index contributed by atoms with van der Waals surface area (Å²) in [4.78, 5) is 13.6. The van der Waals surface area contributed by atoms with E-state index in [0.717, 1.165) is 23.0 Å². The molecule has 1 aromatic carbocycles. The minimum Gasteiger partial charge on any atom is -0.450 e. The van der Waals surface area contributed by atoms with E-state index < -0.39 is 16.3 Å². The number of nitrogens with two attached hydrogens (primary N) is 1. The molecule has 25 heavy (non-hydrogen) atoms. The van der Waals surface area contributed by atoms with Crippen molar-refractivity contribution in [2.24, 2.45) is 0 Å². The van der Waals surface area contributed by atoms with Gasteiger partial charge in [0.1, 0.15) is 0 Å². The third-order valence-electron chi connectivity index (χ3n) is 3.91. The summed E-state index contributed by atoms with van der Waals surface area (Å²) in [6, 6.07) is 5.17. The normalized spacial score (nSPS) is 17.6. The van der Waals surface area contributed by atoms with Gasteiger partial charge in [0.05, 0.1) is 24.0 Å². The topological polar surface area (TPSA) is 117 Å². The molecule has 140 valence electrons. The first-order valence-corrected chi connectivity index (χ1v) is 9.45. The number of rotatable bonds is 6. The van der Waals surface area contributed by atoms with Crippen molar-refractivity contribution < 1.29 is 17.9 Å². The van der Waals surface area contributed by atoms with Crippen LogP contribution >= 0.6 is 0 Å². The molecule has 10 heteroatoms. The van der Waals surface area contributed by atoms with Crippen LogP contribution in [0.2, 0.25) is 0 Å². The van der Waals surface area contributed by atoms with Crippen LogP contribution < -0.4 is 20.7 Å². The Hall–Kier alpha value is -2.20. The third kappa shape index (κ3) is 4.89. The maximum atomic E-state index is 12.0. The first-order valence-electron chi connectivity index (χ1n) is 8.01. The number of nitrogens with one attached hydrogen (secondary N) is 2. The van der Waals surface area contributed by atoms with Gasteiger partial charge in [0.15, 0.2) is 0 Å². The number of hydrogen-bond donors (Lipinski definition) is 3. The minimum absolute atomic E-state index is 0.0153. The molecule has 1 saturated heterocycles. The molecule has 0 aliphatic carbocycles. The molecule has 1 atom stereocenters. The fourth-order valence-corrected chi connectivity index (χ4v) is 3.15. The van der Waals surface area contributed by atoms with Crippen LogP contribution in [-0.2, 0) is 14.9 Å². The summed E-state index contributed by atoms with van der Waals surface area (Å²) in [6.45, 7) is 3.43. The number of alkyl carbamates (subject to hydrolysis) is 1. The van der Waals surface area contributed by atoms with E-state index in [0.29, 0.717) is 24.5 Å². The van der Waals surface area contributed by atoms with Crippen molar-refractivity contribution in [3.63, 3.8) is 0 Å². The SMILES string of the molecule is CCOC(=O)NC1CCN(c2ccc(N)c(NS(=O)(=O)N(C)C)c2)C1. The third-order valence-corrected chi connectivity index (χ3v) is 5.35. The van der Waals surface area contributed by atoms with Gasteiger partial charge >= 0.3 is 16.3 Å². The number of nitrogens with zero attached hydrogens (tertiary/aromatic N) is 2. The molecule has 0 saturated carbocycles. The van der Waals surface area contributed by atoms with E-state index in [4.69, 9.17) is 10.5 Å². The van der Waals surface area contributed by atoms with Crippen molar-refractivity contribution in [1.29, 1.82) is 0 Å². The van der Waals surface area contributed by atoms with Gasteiger partial charge in [-0.1, -0.05) is 0 Å². The van der Waals surface area contributed by atoms with E-state index >= 15 is 0 Å². The van der Waals surface area contributed by atoms with Crippen LogP contribution in [0, 0.1) is 0 Å². The maximum Gasteiger partial charge on any atom is 0.407 e. The summed E-state index contributed by atoms with van der Waals surface area (Å²) in [5.74, 6) is 0. The minimum atomic E-state index is -3.64. The highest BCUT2D eigenvalue weighted by molar-refractivity contribution is 7.90. The van der Waals surface area contributed by atoms with Gasteiger partial charge in [-0.3, -0.25) is 4.72 Å². The first-order chi connectivity index (χ1) is 11.7. The number of nitrogen functional groups attached to an aromatic ring is 1. The number of anilines is 3. The molecule has 0 aromatic heterocycles. The molecule has 9 nitrogen and oxygen atoms in total. The summed E-state index contributed by atoms with van der Waals surface area (Å²) >= 11 is 0. The van der Waals surface area contributed by atoms with E-state index in [1.54, 1.807) is 19.1 Å². The van der Waals surface area contributed by atoms with Crippen molar-refractivity contribution >= 4 is 33.4 Å². The highest BCUT2D eigenvalue weighted by atomic mass is 32.2. The van der Waals surface area contributed by atoms with Crippen LogP contribution in [0.25, 0.3) is 0 Å². The van der Waals surface area contributed by atoms with Crippen molar-refractivity contribution in [3.05, 3.63) is 18.2 Å². The predicted octanol–water partition coefficient (Wildman–Crippen LogP) is 0.812. The largest absolute Gasteiger partial charge is 0.450 e. The highest BCUT2D eigenvalue weighted by Crippen LogP contribution is 2.29. The summed E-state index contributed by atoms with van der Waals surface area (Å²) in [6.07, 6.45) is 0.355. The fourth-order valence-electron chi connectivity index (χ4n) is 2.51. The Morgan fingerprint density at radius 3 is 2.80 bits per heavy atom. The van der Waals surface area contributed by atoms with Gasteiger partial charge in [-0.25, -0.2) is 4.79 Å². The standard InChI is InChI=1S/C15H25N5O4S/c1-4-24-15(21)17-11-7-8-20(10-11)12-5-6-13(16)14(9-12)18-25(22,23)19(2)3/h5-6,9,11,18H,4,7-8,10,16H2,1-3H3,(H,17,21). The van der Waals surface area contributed by atoms with Crippen molar-refractivity contribution in [1.82, 2.24) is 9.62 Å². The van der Waals surface area contributed by atoms with E-state index in [9.17, 15) is 13.2 Å². The zero-order chi connectivity index (χ0) is 18.6. The molecular weight excluding hydrogens is 346 g/mol. The van der Waals surface area contributed by atoms with E-state index in [2.05, 4.69) is 14.9 Å². The number of hydrogen-bond acceptors (Lipinski definition) is 6. The number of carbonyl (C=O) groups is 1. The second-order valence-electron chi connectivity index (χ2n) is 5.96. The van der Waals surface area contributed by atoms with Gasteiger partial charge in [0, 0.05) is 32.9 Å². The Bertz CT molecular complexity index is 723. The Morgan fingerprint density at radius 2 is 2.16 bits per heavy atom. The fraction of sp³-hybridized carbons (Fsp3) is 0.533. The predicted molar refractivity (Wildman–Crippen MR) is 97.9 cm³/mol. The molecule has 1 unspecified atom stereocenters. The molecule has 0 radical (unpaired) electrons. The van der Waals surface area contributed by atoms with Crippen molar-refractivity contribution in [2.75, 3.05) is 49.1 Å². The Balaban J connectivity index is 2.09. The van der Waals surface area contributed by atoms with Crippen LogP contribution in [0.15, 0.2) is 18.2 Å². The summed E-state index contributed by atoms with van der Waals surface area (Å²) < 4.78 is 32.4. The molecule has 1 fully saturated rings. The molecule has 0 spiro atoms. The van der Waals surface area contributed by atoms with Gasteiger partial charge in [0.25, 0.3) is 0 Å².